The molecule has 0 radical (unpaired) electrons. The highest BCUT2D eigenvalue weighted by molar-refractivity contribution is 4.86. The summed E-state index contributed by atoms with van der Waals surface area (Å²) >= 11 is 0. The average molecular weight is 158 g/mol. The third-order valence-corrected chi connectivity index (χ3v) is 2.21. The van der Waals surface area contributed by atoms with Crippen LogP contribution in [0.2, 0.25) is 0 Å². The van der Waals surface area contributed by atoms with Crippen LogP contribution in [0, 0.1) is 5.92 Å². The van der Waals surface area contributed by atoms with Crippen molar-refractivity contribution in [2.45, 2.75) is 39.4 Å². The van der Waals surface area contributed by atoms with Crippen molar-refractivity contribution in [3.63, 3.8) is 0 Å². The SMILES string of the molecule is CC.C[C@H]1CO[C@@H]2CCO[C@H]12. The Balaban J connectivity index is 0.000000281. The number of hydrogen-bond acceptors (Lipinski definition) is 2. The van der Waals surface area contributed by atoms with Crippen molar-refractivity contribution in [2.75, 3.05) is 13.2 Å². The van der Waals surface area contributed by atoms with Gasteiger partial charge in [0.15, 0.2) is 0 Å². The first kappa shape index (κ1) is 9.01. The maximum Gasteiger partial charge on any atom is 0.0884 e. The van der Waals surface area contributed by atoms with Gasteiger partial charge in [0.25, 0.3) is 0 Å². The molecule has 0 spiro atoms. The first-order valence-electron chi connectivity index (χ1n) is 4.61. The Bertz CT molecular complexity index is 114. The molecule has 0 aliphatic carbocycles. The second kappa shape index (κ2) is 4.07. The second-order valence-electron chi connectivity index (χ2n) is 2.97. The van der Waals surface area contributed by atoms with E-state index < -0.39 is 0 Å². The summed E-state index contributed by atoms with van der Waals surface area (Å²) in [4.78, 5) is 0. The molecule has 0 aromatic carbocycles. The summed E-state index contributed by atoms with van der Waals surface area (Å²) in [7, 11) is 0. The number of rotatable bonds is 0. The first-order valence-corrected chi connectivity index (χ1v) is 4.61. The third kappa shape index (κ3) is 1.74. The van der Waals surface area contributed by atoms with Crippen LogP contribution in [0.1, 0.15) is 27.2 Å². The number of fused-ring (bicyclic) bond motifs is 1. The minimum Gasteiger partial charge on any atom is -0.375 e. The Morgan fingerprint density at radius 2 is 1.91 bits per heavy atom. The zero-order chi connectivity index (χ0) is 8.27. The molecule has 2 nitrogen and oxygen atoms in total. The molecule has 0 unspecified atom stereocenters. The van der Waals surface area contributed by atoms with Crippen molar-refractivity contribution in [1.29, 1.82) is 0 Å². The van der Waals surface area contributed by atoms with Crippen LogP contribution < -0.4 is 0 Å². The molecule has 2 saturated heterocycles. The van der Waals surface area contributed by atoms with Crippen molar-refractivity contribution in [1.82, 2.24) is 0 Å². The molecule has 3 atom stereocenters. The maximum absolute atomic E-state index is 5.46. The van der Waals surface area contributed by atoms with Crippen molar-refractivity contribution >= 4 is 0 Å². The van der Waals surface area contributed by atoms with Gasteiger partial charge in [-0.05, 0) is 6.42 Å². The molecular weight excluding hydrogens is 140 g/mol. The van der Waals surface area contributed by atoms with Gasteiger partial charge in [-0.15, -0.1) is 0 Å². The van der Waals surface area contributed by atoms with Gasteiger partial charge in [-0.25, -0.2) is 0 Å². The van der Waals surface area contributed by atoms with Gasteiger partial charge in [0.05, 0.1) is 18.8 Å². The van der Waals surface area contributed by atoms with E-state index >= 15 is 0 Å². The summed E-state index contributed by atoms with van der Waals surface area (Å²) < 4.78 is 10.9. The van der Waals surface area contributed by atoms with Crippen LogP contribution in [0.4, 0.5) is 0 Å². The molecule has 2 fully saturated rings. The number of hydrogen-bond donors (Lipinski definition) is 0. The fourth-order valence-corrected chi connectivity index (χ4v) is 1.67. The van der Waals surface area contributed by atoms with Crippen LogP contribution in [0.3, 0.4) is 0 Å². The van der Waals surface area contributed by atoms with Crippen molar-refractivity contribution < 1.29 is 9.47 Å². The topological polar surface area (TPSA) is 18.5 Å². The Morgan fingerprint density at radius 1 is 1.18 bits per heavy atom. The van der Waals surface area contributed by atoms with Gasteiger partial charge in [0.1, 0.15) is 0 Å². The Morgan fingerprint density at radius 3 is 2.55 bits per heavy atom. The highest BCUT2D eigenvalue weighted by atomic mass is 16.6. The molecule has 11 heavy (non-hydrogen) atoms. The van der Waals surface area contributed by atoms with E-state index in [1.165, 1.54) is 0 Å². The molecule has 2 heterocycles. The standard InChI is InChI=1S/C7H12O2.C2H6/c1-5-4-9-6-2-3-8-7(5)6;1-2/h5-7H,2-4H2,1H3;1-2H3/t5-,6+,7+;/m0./s1. The van der Waals surface area contributed by atoms with Crippen molar-refractivity contribution in [2.24, 2.45) is 5.92 Å². The maximum atomic E-state index is 5.46. The van der Waals surface area contributed by atoms with Crippen molar-refractivity contribution in [3.8, 4) is 0 Å². The van der Waals surface area contributed by atoms with Gasteiger partial charge in [0.2, 0.25) is 0 Å². The Kier molecular flexibility index (Phi) is 3.34. The van der Waals surface area contributed by atoms with E-state index in [2.05, 4.69) is 6.92 Å². The predicted molar refractivity (Wildman–Crippen MR) is 44.6 cm³/mol. The average Bonchev–Trinajstić information content (AvgIpc) is 2.60. The van der Waals surface area contributed by atoms with Gasteiger partial charge in [-0.3, -0.25) is 0 Å². The van der Waals surface area contributed by atoms with Gasteiger partial charge in [0, 0.05) is 12.5 Å². The minimum atomic E-state index is 0.421. The Labute approximate surface area is 68.9 Å². The fourth-order valence-electron chi connectivity index (χ4n) is 1.67. The van der Waals surface area contributed by atoms with Gasteiger partial charge in [-0.2, -0.15) is 0 Å². The molecule has 2 rings (SSSR count). The summed E-state index contributed by atoms with van der Waals surface area (Å²) in [6.07, 6.45) is 1.96. The molecule has 0 aromatic heterocycles. The molecule has 0 amide bonds. The van der Waals surface area contributed by atoms with Crippen LogP contribution >= 0.6 is 0 Å². The lowest BCUT2D eigenvalue weighted by Crippen LogP contribution is -2.19. The quantitative estimate of drug-likeness (QED) is 0.535. The monoisotopic (exact) mass is 158 g/mol. The first-order chi connectivity index (χ1) is 5.38. The van der Waals surface area contributed by atoms with Crippen LogP contribution in [0.15, 0.2) is 0 Å². The molecule has 0 N–H and O–H groups in total. The summed E-state index contributed by atoms with van der Waals surface area (Å²) in [5.74, 6) is 0.623. The van der Waals surface area contributed by atoms with E-state index in [4.69, 9.17) is 9.47 Å². The van der Waals surface area contributed by atoms with Gasteiger partial charge < -0.3 is 9.47 Å². The summed E-state index contributed by atoms with van der Waals surface area (Å²) in [5.41, 5.74) is 0. The predicted octanol–water partition coefficient (Wildman–Crippen LogP) is 1.84. The lowest BCUT2D eigenvalue weighted by atomic mass is 10.1. The van der Waals surface area contributed by atoms with Crippen LogP contribution in [0.25, 0.3) is 0 Å². The molecule has 2 heteroatoms. The smallest absolute Gasteiger partial charge is 0.0884 e. The van der Waals surface area contributed by atoms with Crippen LogP contribution in [-0.2, 0) is 9.47 Å². The third-order valence-electron chi connectivity index (χ3n) is 2.21. The molecule has 0 saturated carbocycles. The lowest BCUT2D eigenvalue weighted by Gasteiger charge is -2.08. The second-order valence-corrected chi connectivity index (χ2v) is 2.97. The summed E-state index contributed by atoms with van der Waals surface area (Å²) in [6, 6.07) is 0. The molecule has 0 aromatic rings. The van der Waals surface area contributed by atoms with E-state index in [-0.39, 0.29) is 0 Å². The zero-order valence-electron chi connectivity index (χ0n) is 7.67. The number of ether oxygens (including phenoxy) is 2. The van der Waals surface area contributed by atoms with Gasteiger partial charge >= 0.3 is 0 Å². The lowest BCUT2D eigenvalue weighted by molar-refractivity contribution is 0.0658. The van der Waals surface area contributed by atoms with E-state index in [0.29, 0.717) is 18.1 Å². The normalized spacial score (nSPS) is 41.2. The Hall–Kier alpha value is -0.0800. The van der Waals surface area contributed by atoms with E-state index in [0.717, 1.165) is 19.6 Å². The highest BCUT2D eigenvalue weighted by Crippen LogP contribution is 2.29. The largest absolute Gasteiger partial charge is 0.375 e. The van der Waals surface area contributed by atoms with Crippen LogP contribution in [0.5, 0.6) is 0 Å². The summed E-state index contributed by atoms with van der Waals surface area (Å²) in [6.45, 7) is 7.99. The minimum absolute atomic E-state index is 0.421. The highest BCUT2D eigenvalue weighted by Gasteiger charge is 2.38. The van der Waals surface area contributed by atoms with Crippen molar-refractivity contribution in [3.05, 3.63) is 0 Å². The fraction of sp³-hybridized carbons (Fsp3) is 1.00. The van der Waals surface area contributed by atoms with E-state index in [9.17, 15) is 0 Å². The molecule has 2 aliphatic rings. The molecule has 0 bridgehead atoms. The van der Waals surface area contributed by atoms with E-state index in [1.807, 2.05) is 13.8 Å². The van der Waals surface area contributed by atoms with Gasteiger partial charge in [-0.1, -0.05) is 20.8 Å². The zero-order valence-corrected chi connectivity index (χ0v) is 7.67. The molecule has 2 aliphatic heterocycles. The van der Waals surface area contributed by atoms with Crippen LogP contribution in [-0.4, -0.2) is 25.4 Å². The summed E-state index contributed by atoms with van der Waals surface area (Å²) in [5, 5.41) is 0. The molecular formula is C9H18O2. The molecule has 66 valence electrons. The van der Waals surface area contributed by atoms with E-state index in [1.54, 1.807) is 0 Å².